The number of benzene rings is 1. The average Bonchev–Trinajstić information content (AvgIpc) is 2.28. The molecule has 1 unspecified atom stereocenters. The Morgan fingerprint density at radius 2 is 2.17 bits per heavy atom. The fraction of sp³-hybridized carbons (Fsp3) is 0.455. The van der Waals surface area contributed by atoms with Gasteiger partial charge in [0.2, 0.25) is 10.0 Å². The van der Waals surface area contributed by atoms with Crippen LogP contribution >= 0.6 is 11.6 Å². The van der Waals surface area contributed by atoms with Crippen molar-refractivity contribution in [3.8, 4) is 5.75 Å². The van der Waals surface area contributed by atoms with Crippen molar-refractivity contribution in [2.75, 3.05) is 18.7 Å². The molecular weight excluding hydrogens is 281 g/mol. The second kappa shape index (κ2) is 6.36. The Balaban J connectivity index is 2.85. The van der Waals surface area contributed by atoms with Gasteiger partial charge < -0.3 is 4.74 Å². The summed E-state index contributed by atoms with van der Waals surface area (Å²) in [6.07, 6.45) is 0. The van der Waals surface area contributed by atoms with Gasteiger partial charge in [-0.1, -0.05) is 6.07 Å². The van der Waals surface area contributed by atoms with Crippen LogP contribution < -0.4 is 9.46 Å². The Morgan fingerprint density at radius 1 is 1.50 bits per heavy atom. The first-order chi connectivity index (χ1) is 8.39. The largest absolute Gasteiger partial charge is 0.494 e. The number of sulfonamides is 1. The summed E-state index contributed by atoms with van der Waals surface area (Å²) in [5, 5.41) is 0. The van der Waals surface area contributed by atoms with E-state index in [4.69, 9.17) is 16.3 Å². The minimum absolute atomic E-state index is 0.0129. The van der Waals surface area contributed by atoms with Gasteiger partial charge in [0.25, 0.3) is 0 Å². The molecule has 0 bridgehead atoms. The zero-order valence-corrected chi connectivity index (χ0v) is 11.7. The van der Waals surface area contributed by atoms with Gasteiger partial charge in [0, 0.05) is 11.9 Å². The van der Waals surface area contributed by atoms with Gasteiger partial charge >= 0.3 is 0 Å². The number of halogens is 2. The molecule has 102 valence electrons. The van der Waals surface area contributed by atoms with E-state index < -0.39 is 21.9 Å². The van der Waals surface area contributed by atoms with Crippen LogP contribution in [0.4, 0.5) is 4.39 Å². The highest BCUT2D eigenvalue weighted by atomic mass is 35.5. The molecule has 0 spiro atoms. The van der Waals surface area contributed by atoms with Crippen LogP contribution in [-0.4, -0.2) is 27.2 Å². The maximum atomic E-state index is 13.5. The van der Waals surface area contributed by atoms with Crippen molar-refractivity contribution >= 4 is 21.6 Å². The van der Waals surface area contributed by atoms with Crippen molar-refractivity contribution in [3.05, 3.63) is 29.6 Å². The van der Waals surface area contributed by atoms with E-state index in [1.165, 1.54) is 19.2 Å². The van der Waals surface area contributed by atoms with E-state index in [1.807, 2.05) is 0 Å². The van der Waals surface area contributed by atoms with Crippen LogP contribution in [0.5, 0.6) is 5.75 Å². The molecule has 1 rings (SSSR count). The second-order valence-electron chi connectivity index (χ2n) is 3.74. The first kappa shape index (κ1) is 15.2. The molecule has 0 heterocycles. The SMILES string of the molecule is COc1ccc(C(C)NS(=O)(=O)CCCl)cc1F. The second-order valence-corrected chi connectivity index (χ2v) is 5.99. The summed E-state index contributed by atoms with van der Waals surface area (Å²) in [7, 11) is -2.08. The summed E-state index contributed by atoms with van der Waals surface area (Å²) < 4.78 is 43.7. The van der Waals surface area contributed by atoms with E-state index in [2.05, 4.69) is 4.72 Å². The highest BCUT2D eigenvalue weighted by Gasteiger charge is 2.16. The Morgan fingerprint density at radius 3 is 2.67 bits per heavy atom. The Bertz CT molecular complexity index is 507. The van der Waals surface area contributed by atoms with E-state index in [0.29, 0.717) is 5.56 Å². The van der Waals surface area contributed by atoms with Crippen molar-refractivity contribution in [2.24, 2.45) is 0 Å². The van der Waals surface area contributed by atoms with Crippen molar-refractivity contribution < 1.29 is 17.5 Å². The molecule has 0 aromatic heterocycles. The van der Waals surface area contributed by atoms with Crippen molar-refractivity contribution in [2.45, 2.75) is 13.0 Å². The molecule has 1 aromatic rings. The minimum Gasteiger partial charge on any atom is -0.494 e. The molecule has 1 atom stereocenters. The number of ether oxygens (including phenoxy) is 1. The number of alkyl halides is 1. The quantitative estimate of drug-likeness (QED) is 0.817. The van der Waals surface area contributed by atoms with Gasteiger partial charge in [-0.25, -0.2) is 17.5 Å². The average molecular weight is 296 g/mol. The van der Waals surface area contributed by atoms with E-state index in [0.717, 1.165) is 0 Å². The molecule has 1 aromatic carbocycles. The summed E-state index contributed by atoms with van der Waals surface area (Å²) in [4.78, 5) is 0. The van der Waals surface area contributed by atoms with Crippen molar-refractivity contribution in [1.29, 1.82) is 0 Å². The molecule has 0 aliphatic carbocycles. The lowest BCUT2D eigenvalue weighted by Gasteiger charge is -2.14. The number of hydrogen-bond donors (Lipinski definition) is 1. The topological polar surface area (TPSA) is 55.4 Å². The lowest BCUT2D eigenvalue weighted by Crippen LogP contribution is -2.29. The first-order valence-corrected chi connectivity index (χ1v) is 7.47. The molecule has 0 saturated heterocycles. The zero-order valence-electron chi connectivity index (χ0n) is 10.1. The van der Waals surface area contributed by atoms with Gasteiger partial charge in [-0.15, -0.1) is 11.6 Å². The van der Waals surface area contributed by atoms with E-state index in [1.54, 1.807) is 13.0 Å². The monoisotopic (exact) mass is 295 g/mol. The fourth-order valence-electron chi connectivity index (χ4n) is 1.45. The summed E-state index contributed by atoms with van der Waals surface area (Å²) >= 11 is 5.38. The van der Waals surface area contributed by atoms with E-state index in [-0.39, 0.29) is 17.4 Å². The molecule has 0 saturated carbocycles. The van der Waals surface area contributed by atoms with Crippen molar-refractivity contribution in [3.63, 3.8) is 0 Å². The summed E-state index contributed by atoms with van der Waals surface area (Å²) in [5.74, 6) is -0.565. The third-order valence-corrected chi connectivity index (χ3v) is 4.25. The van der Waals surface area contributed by atoms with Gasteiger partial charge in [0.1, 0.15) is 0 Å². The van der Waals surface area contributed by atoms with Crippen LogP contribution in [-0.2, 0) is 10.0 Å². The highest BCUT2D eigenvalue weighted by Crippen LogP contribution is 2.22. The lowest BCUT2D eigenvalue weighted by molar-refractivity contribution is 0.386. The van der Waals surface area contributed by atoms with Crippen LogP contribution in [0.1, 0.15) is 18.5 Å². The van der Waals surface area contributed by atoms with Crippen LogP contribution in [0.25, 0.3) is 0 Å². The molecule has 18 heavy (non-hydrogen) atoms. The van der Waals surface area contributed by atoms with Gasteiger partial charge in [-0.2, -0.15) is 0 Å². The standard InChI is InChI=1S/C11H15ClFNO3S/c1-8(14-18(15,16)6-5-12)9-3-4-11(17-2)10(13)7-9/h3-4,7-8,14H,5-6H2,1-2H3. The number of methoxy groups -OCH3 is 1. The smallest absolute Gasteiger partial charge is 0.213 e. The number of nitrogens with one attached hydrogen (secondary N) is 1. The number of hydrogen-bond acceptors (Lipinski definition) is 3. The Labute approximate surface area is 111 Å². The molecular formula is C11H15ClFNO3S. The Kier molecular flexibility index (Phi) is 5.37. The molecule has 1 N–H and O–H groups in total. The predicted octanol–water partition coefficient (Wildman–Crippen LogP) is 2.05. The maximum Gasteiger partial charge on any atom is 0.213 e. The molecule has 0 fully saturated rings. The summed E-state index contributed by atoms with van der Waals surface area (Å²) in [6.45, 7) is 1.63. The molecule has 4 nitrogen and oxygen atoms in total. The third-order valence-electron chi connectivity index (χ3n) is 2.38. The van der Waals surface area contributed by atoms with Crippen LogP contribution in [0.2, 0.25) is 0 Å². The van der Waals surface area contributed by atoms with E-state index in [9.17, 15) is 12.8 Å². The minimum atomic E-state index is -3.44. The maximum absolute atomic E-state index is 13.5. The van der Waals surface area contributed by atoms with Crippen LogP contribution in [0.3, 0.4) is 0 Å². The third kappa shape index (κ3) is 4.12. The molecule has 0 amide bonds. The lowest BCUT2D eigenvalue weighted by atomic mass is 10.1. The molecule has 0 aliphatic rings. The normalized spacial score (nSPS) is 13.3. The van der Waals surface area contributed by atoms with Crippen molar-refractivity contribution in [1.82, 2.24) is 4.72 Å². The fourth-order valence-corrected chi connectivity index (χ4v) is 3.06. The van der Waals surface area contributed by atoms with Crippen LogP contribution in [0, 0.1) is 5.82 Å². The summed E-state index contributed by atoms with van der Waals surface area (Å²) in [6, 6.07) is 3.78. The van der Waals surface area contributed by atoms with Crippen LogP contribution in [0.15, 0.2) is 18.2 Å². The Hall–Kier alpha value is -0.850. The molecule has 7 heteroatoms. The predicted molar refractivity (Wildman–Crippen MR) is 69.0 cm³/mol. The zero-order chi connectivity index (χ0) is 13.8. The highest BCUT2D eigenvalue weighted by molar-refractivity contribution is 7.89. The molecule has 0 aliphatic heterocycles. The van der Waals surface area contributed by atoms with Gasteiger partial charge in [0.15, 0.2) is 11.6 Å². The van der Waals surface area contributed by atoms with Gasteiger partial charge in [-0.3, -0.25) is 0 Å². The molecule has 0 radical (unpaired) electrons. The van der Waals surface area contributed by atoms with E-state index >= 15 is 0 Å². The van der Waals surface area contributed by atoms with Gasteiger partial charge in [-0.05, 0) is 24.6 Å². The van der Waals surface area contributed by atoms with Gasteiger partial charge in [0.05, 0.1) is 12.9 Å². The first-order valence-electron chi connectivity index (χ1n) is 5.29. The number of rotatable bonds is 6. The summed E-state index contributed by atoms with van der Waals surface area (Å²) in [5.41, 5.74) is 0.520.